The predicted molar refractivity (Wildman–Crippen MR) is 81.2 cm³/mol. The van der Waals surface area contributed by atoms with Gasteiger partial charge in [-0.25, -0.2) is 0 Å². The molecular weight excluding hydrogens is 236 g/mol. The third-order valence-corrected chi connectivity index (χ3v) is 2.28. The Bertz CT molecular complexity index is 496. The van der Waals surface area contributed by atoms with E-state index in [4.69, 9.17) is 11.2 Å². The summed E-state index contributed by atoms with van der Waals surface area (Å²) in [6, 6.07) is 7.87. The lowest BCUT2D eigenvalue weighted by atomic mass is 10.1. The van der Waals surface area contributed by atoms with E-state index in [9.17, 15) is 0 Å². The number of benzene rings is 1. The molecule has 0 heterocycles. The Morgan fingerprint density at radius 2 is 2.16 bits per heavy atom. The maximum Gasteiger partial charge on any atom is 0.126 e. The highest BCUT2D eigenvalue weighted by molar-refractivity contribution is 5.96. The number of nitrogens with zero attached hydrogens (tertiary/aromatic N) is 2. The molecule has 0 saturated carbocycles. The van der Waals surface area contributed by atoms with Crippen LogP contribution < -0.4 is 4.74 Å². The van der Waals surface area contributed by atoms with Crippen molar-refractivity contribution < 1.29 is 4.74 Å². The van der Waals surface area contributed by atoms with Crippen molar-refractivity contribution in [3.63, 3.8) is 0 Å². The van der Waals surface area contributed by atoms with Crippen LogP contribution >= 0.6 is 0 Å². The van der Waals surface area contributed by atoms with E-state index >= 15 is 0 Å². The molecule has 0 unspecified atom stereocenters. The molecule has 0 spiro atoms. The van der Waals surface area contributed by atoms with Gasteiger partial charge < -0.3 is 9.75 Å². The quantitative estimate of drug-likeness (QED) is 0.338. The van der Waals surface area contributed by atoms with Crippen molar-refractivity contribution in [3.05, 3.63) is 35.9 Å². The normalized spacial score (nSPS) is 11.4. The first-order valence-corrected chi connectivity index (χ1v) is 6.19. The summed E-state index contributed by atoms with van der Waals surface area (Å²) in [7, 11) is 3.79. The van der Waals surface area contributed by atoms with Crippen LogP contribution in [0.15, 0.2) is 35.4 Å². The molecule has 3 nitrogen and oxygen atoms in total. The molecule has 0 aliphatic heterocycles. The van der Waals surface area contributed by atoms with Crippen molar-refractivity contribution in [2.45, 2.75) is 13.3 Å². The number of ether oxygens (including phenoxy) is 1. The fourth-order valence-corrected chi connectivity index (χ4v) is 1.53. The summed E-state index contributed by atoms with van der Waals surface area (Å²) >= 11 is 0. The van der Waals surface area contributed by atoms with E-state index in [1.807, 2.05) is 57.4 Å². The van der Waals surface area contributed by atoms with Gasteiger partial charge in [-0.1, -0.05) is 18.2 Å². The van der Waals surface area contributed by atoms with Gasteiger partial charge in [-0.2, -0.15) is 5.10 Å². The van der Waals surface area contributed by atoms with Crippen LogP contribution in [0, 0.1) is 12.3 Å². The Labute approximate surface area is 115 Å². The lowest BCUT2D eigenvalue weighted by molar-refractivity contribution is 0.326. The first-order valence-electron chi connectivity index (χ1n) is 6.19. The van der Waals surface area contributed by atoms with Gasteiger partial charge >= 0.3 is 0 Å². The summed E-state index contributed by atoms with van der Waals surface area (Å²) in [5.74, 6) is 3.40. The molecule has 0 N–H and O–H groups in total. The molecule has 0 aromatic heterocycles. The molecule has 19 heavy (non-hydrogen) atoms. The summed E-state index contributed by atoms with van der Waals surface area (Å²) < 4.78 is 5.65. The zero-order valence-corrected chi connectivity index (χ0v) is 11.8. The Hall–Kier alpha value is -2.21. The molecule has 0 aliphatic rings. The van der Waals surface area contributed by atoms with Gasteiger partial charge in [-0.05, 0) is 25.1 Å². The number of hydrogen-bond acceptors (Lipinski definition) is 3. The summed E-state index contributed by atoms with van der Waals surface area (Å²) in [5.41, 5.74) is 1.95. The second-order valence-corrected chi connectivity index (χ2v) is 4.26. The first-order chi connectivity index (χ1) is 9.13. The van der Waals surface area contributed by atoms with Gasteiger partial charge in [0.05, 0.1) is 12.3 Å². The average Bonchev–Trinajstić information content (AvgIpc) is 2.37. The summed E-state index contributed by atoms with van der Waals surface area (Å²) in [5, 5.41) is 6.07. The number of hydrazone groups is 1. The van der Waals surface area contributed by atoms with Gasteiger partial charge in [0.25, 0.3) is 0 Å². The fourth-order valence-electron chi connectivity index (χ4n) is 1.53. The number of allylic oxidation sites excluding steroid dienone is 1. The van der Waals surface area contributed by atoms with E-state index in [0.29, 0.717) is 13.0 Å². The van der Waals surface area contributed by atoms with Gasteiger partial charge in [0.1, 0.15) is 5.75 Å². The summed E-state index contributed by atoms with van der Waals surface area (Å²) in [6.45, 7) is 2.49. The molecule has 0 bridgehead atoms. The molecule has 100 valence electrons. The molecule has 0 amide bonds. The SMILES string of the molecule is C#CCCOc1ccccc1/C=C/C(C)=N/N(C)C. The highest BCUT2D eigenvalue weighted by Gasteiger charge is 1.99. The third-order valence-electron chi connectivity index (χ3n) is 2.28. The van der Waals surface area contributed by atoms with Gasteiger partial charge in [-0.3, -0.25) is 0 Å². The molecule has 0 atom stereocenters. The van der Waals surface area contributed by atoms with Gasteiger partial charge in [0.15, 0.2) is 0 Å². The van der Waals surface area contributed by atoms with E-state index in [1.165, 1.54) is 0 Å². The molecule has 0 radical (unpaired) electrons. The maximum absolute atomic E-state index is 5.65. The third kappa shape index (κ3) is 5.78. The molecule has 0 fully saturated rings. The summed E-state index contributed by atoms with van der Waals surface area (Å²) in [4.78, 5) is 0. The van der Waals surface area contributed by atoms with Crippen LogP contribution in [-0.4, -0.2) is 31.4 Å². The standard InChI is InChI=1S/C16H20N2O/c1-5-6-13-19-16-10-8-7-9-15(16)12-11-14(2)17-18(3)4/h1,7-12H,6,13H2,2-4H3/b12-11+,17-14+. The number of rotatable bonds is 6. The van der Waals surface area contributed by atoms with Crippen LogP contribution in [0.2, 0.25) is 0 Å². The topological polar surface area (TPSA) is 24.8 Å². The fraction of sp³-hybridized carbons (Fsp3) is 0.312. The lowest BCUT2D eigenvalue weighted by Gasteiger charge is -2.08. The largest absolute Gasteiger partial charge is 0.492 e. The number of terminal acetylenes is 1. The highest BCUT2D eigenvalue weighted by atomic mass is 16.5. The number of hydrogen-bond donors (Lipinski definition) is 0. The Kier molecular flexibility index (Phi) is 6.25. The van der Waals surface area contributed by atoms with Crippen molar-refractivity contribution in [2.24, 2.45) is 5.10 Å². The van der Waals surface area contributed by atoms with E-state index in [-0.39, 0.29) is 0 Å². The Morgan fingerprint density at radius 3 is 2.84 bits per heavy atom. The Balaban J connectivity index is 2.78. The summed E-state index contributed by atoms with van der Waals surface area (Å²) in [6.07, 6.45) is 9.78. The minimum absolute atomic E-state index is 0.534. The minimum atomic E-state index is 0.534. The van der Waals surface area contributed by atoms with Crippen molar-refractivity contribution in [3.8, 4) is 18.1 Å². The highest BCUT2D eigenvalue weighted by Crippen LogP contribution is 2.19. The van der Waals surface area contributed by atoms with Gasteiger partial charge in [0.2, 0.25) is 0 Å². The minimum Gasteiger partial charge on any atom is -0.492 e. The predicted octanol–water partition coefficient (Wildman–Crippen LogP) is 3.04. The van der Waals surface area contributed by atoms with Crippen LogP contribution in [0.25, 0.3) is 6.08 Å². The molecule has 1 aromatic rings. The van der Waals surface area contributed by atoms with Gasteiger partial charge in [0, 0.05) is 26.1 Å². The van der Waals surface area contributed by atoms with Crippen LogP contribution in [-0.2, 0) is 0 Å². The molecule has 3 heteroatoms. The van der Waals surface area contributed by atoms with Crippen LogP contribution in [0.1, 0.15) is 18.9 Å². The zero-order valence-electron chi connectivity index (χ0n) is 11.8. The van der Waals surface area contributed by atoms with E-state index in [2.05, 4.69) is 11.0 Å². The van der Waals surface area contributed by atoms with Gasteiger partial charge in [-0.15, -0.1) is 12.3 Å². The van der Waals surface area contributed by atoms with E-state index in [1.54, 1.807) is 5.01 Å². The average molecular weight is 256 g/mol. The smallest absolute Gasteiger partial charge is 0.126 e. The van der Waals surface area contributed by atoms with Crippen molar-refractivity contribution in [1.82, 2.24) is 5.01 Å². The zero-order chi connectivity index (χ0) is 14.1. The first kappa shape index (κ1) is 14.8. The van der Waals surface area contributed by atoms with Crippen LogP contribution in [0.4, 0.5) is 0 Å². The monoisotopic (exact) mass is 256 g/mol. The van der Waals surface area contributed by atoms with E-state index in [0.717, 1.165) is 17.0 Å². The van der Waals surface area contributed by atoms with E-state index < -0.39 is 0 Å². The van der Waals surface area contributed by atoms with Crippen LogP contribution in [0.3, 0.4) is 0 Å². The molecule has 0 saturated heterocycles. The number of para-hydroxylation sites is 1. The van der Waals surface area contributed by atoms with Crippen molar-refractivity contribution >= 4 is 11.8 Å². The Morgan fingerprint density at radius 1 is 1.42 bits per heavy atom. The van der Waals surface area contributed by atoms with Crippen molar-refractivity contribution in [1.29, 1.82) is 0 Å². The molecule has 1 aromatic carbocycles. The molecule has 1 rings (SSSR count). The second kappa shape index (κ2) is 7.99. The van der Waals surface area contributed by atoms with Crippen molar-refractivity contribution in [2.75, 3.05) is 20.7 Å². The molecule has 0 aliphatic carbocycles. The second-order valence-electron chi connectivity index (χ2n) is 4.26. The molecular formula is C16H20N2O. The van der Waals surface area contributed by atoms with Crippen LogP contribution in [0.5, 0.6) is 5.75 Å². The maximum atomic E-state index is 5.65. The lowest BCUT2D eigenvalue weighted by Crippen LogP contribution is -2.04.